The second-order valence-corrected chi connectivity index (χ2v) is 5.67. The van der Waals surface area contributed by atoms with E-state index in [1.165, 1.54) is 0 Å². The topological polar surface area (TPSA) is 202 Å². The van der Waals surface area contributed by atoms with Crippen LogP contribution < -0.4 is 0 Å². The van der Waals surface area contributed by atoms with E-state index in [9.17, 15) is 26.4 Å². The fraction of sp³-hybridized carbons (Fsp3) is 0.333. The van der Waals surface area contributed by atoms with Crippen molar-refractivity contribution in [3.05, 3.63) is 0 Å². The predicted octanol–water partition coefficient (Wildman–Crippen LogP) is -3.90. The number of ether oxygens (including phenoxy) is 1. The minimum Gasteiger partial charge on any atom is -0.476 e. The normalized spacial score (nSPS) is 12.1. The average molecular weight is 308 g/mol. The number of esters is 1. The molecule has 18 heavy (non-hydrogen) atoms. The lowest BCUT2D eigenvalue weighted by Gasteiger charge is -2.11. The van der Waals surface area contributed by atoms with Gasteiger partial charge in [0.05, 0.1) is 0 Å². The lowest BCUT2D eigenvalue weighted by molar-refractivity contribution is -0.163. The summed E-state index contributed by atoms with van der Waals surface area (Å²) in [6, 6.07) is 0. The highest BCUT2D eigenvalue weighted by Crippen LogP contribution is 2.09. The van der Waals surface area contributed by atoms with Crippen LogP contribution in [-0.4, -0.2) is 60.0 Å². The first kappa shape index (κ1) is 16.7. The van der Waals surface area contributed by atoms with E-state index in [1.807, 2.05) is 0 Å². The first-order valence-electron chi connectivity index (χ1n) is 3.56. The van der Waals surface area contributed by atoms with Gasteiger partial charge < -0.3 is 19.4 Å². The van der Waals surface area contributed by atoms with Gasteiger partial charge in [-0.25, -0.2) is 9.59 Å². The number of rotatable bonds is 4. The van der Waals surface area contributed by atoms with Gasteiger partial charge >= 0.3 is 44.3 Å². The number of carbonyl (C=O) groups excluding carboxylic acids is 2. The van der Waals surface area contributed by atoms with Gasteiger partial charge in [-0.05, 0) is 0 Å². The molecule has 0 aromatic heterocycles. The standard InChI is InChI=1S/C3H5BO12S2/c5-1(2(6)16-4(7)8)15-3(17(9,10)11)18(12,13)14/h3,7-8H,(H,9,10,11)(H,12,13,14). The Kier molecular flexibility index (Phi) is 5.20. The molecule has 0 fully saturated rings. The SMILES string of the molecule is O=C(OB(O)O)C(=O)OC(S(=O)(=O)O)S(=O)(=O)O. The second-order valence-electron chi connectivity index (χ2n) is 2.46. The van der Waals surface area contributed by atoms with Crippen molar-refractivity contribution in [2.24, 2.45) is 0 Å². The Morgan fingerprint density at radius 3 is 1.61 bits per heavy atom. The largest absolute Gasteiger partial charge is 0.709 e. The van der Waals surface area contributed by atoms with Gasteiger partial charge in [-0.15, -0.1) is 0 Å². The van der Waals surface area contributed by atoms with Gasteiger partial charge in [-0.1, -0.05) is 0 Å². The Hall–Kier alpha value is -1.26. The third-order valence-electron chi connectivity index (χ3n) is 1.07. The van der Waals surface area contributed by atoms with Gasteiger partial charge in [-0.2, -0.15) is 16.8 Å². The Labute approximate surface area is 99.8 Å². The van der Waals surface area contributed by atoms with Gasteiger partial charge in [0, 0.05) is 0 Å². The zero-order chi connectivity index (χ0) is 14.7. The maximum atomic E-state index is 10.7. The van der Waals surface area contributed by atoms with Gasteiger partial charge in [0.25, 0.3) is 0 Å². The molecule has 12 nitrogen and oxygen atoms in total. The van der Waals surface area contributed by atoms with Crippen LogP contribution in [-0.2, 0) is 39.2 Å². The van der Waals surface area contributed by atoms with Crippen molar-refractivity contribution in [2.45, 2.75) is 4.77 Å². The molecule has 0 aromatic carbocycles. The molecule has 0 spiro atoms. The zero-order valence-electron chi connectivity index (χ0n) is 8.03. The van der Waals surface area contributed by atoms with Gasteiger partial charge in [0.15, 0.2) is 0 Å². The summed E-state index contributed by atoms with van der Waals surface area (Å²) in [5.74, 6) is -4.49. The molecule has 15 heteroatoms. The summed E-state index contributed by atoms with van der Waals surface area (Å²) in [4.78, 5) is 21.3. The highest BCUT2D eigenvalue weighted by atomic mass is 32.3. The highest BCUT2D eigenvalue weighted by molar-refractivity contribution is 8.03. The minimum absolute atomic E-state index is 2.18. The van der Waals surface area contributed by atoms with Crippen LogP contribution >= 0.6 is 0 Å². The van der Waals surface area contributed by atoms with Crippen LogP contribution in [0.15, 0.2) is 0 Å². The number of hydrogen-bond acceptors (Lipinski definition) is 10. The molecule has 0 bridgehead atoms. The predicted molar refractivity (Wildman–Crippen MR) is 49.3 cm³/mol. The molecule has 0 heterocycles. The zero-order valence-corrected chi connectivity index (χ0v) is 9.66. The first-order chi connectivity index (χ1) is 7.85. The fourth-order valence-electron chi connectivity index (χ4n) is 0.555. The van der Waals surface area contributed by atoms with Crippen molar-refractivity contribution >= 4 is 39.5 Å². The molecular weight excluding hydrogens is 303 g/mol. The Bertz CT molecular complexity index is 496. The summed E-state index contributed by atoms with van der Waals surface area (Å²) in [6.45, 7) is 0. The molecule has 4 N–H and O–H groups in total. The average Bonchev–Trinajstić information content (AvgIpc) is 2.08. The van der Waals surface area contributed by atoms with E-state index in [0.29, 0.717) is 0 Å². The summed E-state index contributed by atoms with van der Waals surface area (Å²) in [7, 11) is -13.9. The van der Waals surface area contributed by atoms with Crippen molar-refractivity contribution in [3.8, 4) is 0 Å². The molecule has 0 aliphatic heterocycles. The van der Waals surface area contributed by atoms with Gasteiger partial charge in [0.2, 0.25) is 0 Å². The van der Waals surface area contributed by atoms with Gasteiger partial charge in [-0.3, -0.25) is 9.11 Å². The van der Waals surface area contributed by atoms with Crippen LogP contribution in [0.3, 0.4) is 0 Å². The molecule has 0 unspecified atom stereocenters. The van der Waals surface area contributed by atoms with Crippen molar-refractivity contribution < 1.29 is 55.0 Å². The first-order valence-corrected chi connectivity index (χ1v) is 6.56. The molecule has 0 aliphatic rings. The van der Waals surface area contributed by atoms with Gasteiger partial charge in [0.1, 0.15) is 0 Å². The summed E-state index contributed by atoms with van der Waals surface area (Å²) < 4.78 is 61.8. The number of hydrogen-bond donors (Lipinski definition) is 4. The Morgan fingerprint density at radius 1 is 0.944 bits per heavy atom. The van der Waals surface area contributed by atoms with Crippen molar-refractivity contribution in [2.75, 3.05) is 0 Å². The molecule has 0 rings (SSSR count). The van der Waals surface area contributed by atoms with Crippen LogP contribution in [0.5, 0.6) is 0 Å². The van der Waals surface area contributed by atoms with Crippen molar-refractivity contribution in [3.63, 3.8) is 0 Å². The third-order valence-corrected chi connectivity index (χ3v) is 3.69. The van der Waals surface area contributed by atoms with E-state index in [0.717, 1.165) is 0 Å². The van der Waals surface area contributed by atoms with Crippen LogP contribution in [0, 0.1) is 0 Å². The maximum Gasteiger partial charge on any atom is 0.709 e. The van der Waals surface area contributed by atoms with Crippen molar-refractivity contribution in [1.82, 2.24) is 0 Å². The lowest BCUT2D eigenvalue weighted by atomic mass is 10.3. The van der Waals surface area contributed by atoms with E-state index in [4.69, 9.17) is 19.2 Å². The van der Waals surface area contributed by atoms with E-state index < -0.39 is 44.3 Å². The summed E-state index contributed by atoms with van der Waals surface area (Å²) in [5, 5.41) is 16.2. The van der Waals surface area contributed by atoms with E-state index in [2.05, 4.69) is 9.39 Å². The third kappa shape index (κ3) is 5.38. The second kappa shape index (κ2) is 5.59. The fourth-order valence-corrected chi connectivity index (χ4v) is 2.20. The molecule has 0 amide bonds. The molecule has 0 saturated heterocycles. The van der Waals surface area contributed by atoms with E-state index in [-0.39, 0.29) is 0 Å². The summed E-state index contributed by atoms with van der Waals surface area (Å²) in [5.41, 5.74) is 0. The monoisotopic (exact) mass is 308 g/mol. The molecule has 104 valence electrons. The minimum atomic E-state index is -5.59. The Balaban J connectivity index is 5.06. The quantitative estimate of drug-likeness (QED) is 0.170. The lowest BCUT2D eigenvalue weighted by Crippen LogP contribution is -2.38. The molecule has 0 atom stereocenters. The molecule has 0 aliphatic carbocycles. The highest BCUT2D eigenvalue weighted by Gasteiger charge is 2.41. The van der Waals surface area contributed by atoms with Crippen molar-refractivity contribution in [1.29, 1.82) is 0 Å². The maximum absolute atomic E-state index is 10.7. The number of carbonyl (C=O) groups is 2. The van der Waals surface area contributed by atoms with Crippen LogP contribution in [0.2, 0.25) is 0 Å². The Morgan fingerprint density at radius 2 is 1.33 bits per heavy atom. The molecule has 0 aromatic rings. The van der Waals surface area contributed by atoms with Crippen LogP contribution in [0.25, 0.3) is 0 Å². The van der Waals surface area contributed by atoms with E-state index in [1.54, 1.807) is 0 Å². The molecule has 0 saturated carbocycles. The molecular formula is C3H5BO12S2. The molecule has 0 radical (unpaired) electrons. The smallest absolute Gasteiger partial charge is 0.476 e. The summed E-state index contributed by atoms with van der Waals surface area (Å²) in [6.07, 6.45) is 0. The van der Waals surface area contributed by atoms with E-state index >= 15 is 0 Å². The van der Waals surface area contributed by atoms with Crippen LogP contribution in [0.4, 0.5) is 0 Å². The summed E-state index contributed by atoms with van der Waals surface area (Å²) >= 11 is 0. The van der Waals surface area contributed by atoms with Crippen LogP contribution in [0.1, 0.15) is 0 Å².